The zero-order valence-electron chi connectivity index (χ0n) is 16.6. The van der Waals surface area contributed by atoms with Gasteiger partial charge in [0.05, 0.1) is 11.1 Å². The summed E-state index contributed by atoms with van der Waals surface area (Å²) in [5, 5.41) is 91.6. The second kappa shape index (κ2) is 7.28. The number of carboxylic acid groups (broad SMARTS) is 1. The Kier molecular flexibility index (Phi) is 4.79. The lowest BCUT2D eigenvalue weighted by Crippen LogP contribution is -2.50. The average molecular weight is 458 g/mol. The van der Waals surface area contributed by atoms with Gasteiger partial charge in [-0.2, -0.15) is 0 Å². The van der Waals surface area contributed by atoms with Crippen LogP contribution in [0.3, 0.4) is 0 Å². The number of aliphatic hydroxyl groups excluding tert-OH is 1. The molecule has 0 aliphatic carbocycles. The molecule has 1 aliphatic rings. The summed E-state index contributed by atoms with van der Waals surface area (Å²) < 4.78 is 5.95. The second-order valence-corrected chi connectivity index (χ2v) is 7.52. The molecule has 11 heteroatoms. The summed E-state index contributed by atoms with van der Waals surface area (Å²) in [6.07, 6.45) is -2.14. The van der Waals surface area contributed by atoms with Gasteiger partial charge in [-0.25, -0.2) is 4.79 Å². The quantitative estimate of drug-likeness (QED) is 0.257. The van der Waals surface area contributed by atoms with Crippen LogP contribution in [0, 0.1) is 0 Å². The normalized spacial score (nSPS) is 19.5. The number of carboxylic acids is 1. The highest BCUT2D eigenvalue weighted by atomic mass is 16.5. The SMILES string of the molecule is O=C(O)c1cc(O)c(O)c(O)c1C1(c2ccc(O)c(O)c2)Oc2cc(O)cc(O)c2C[C@H]1O. The van der Waals surface area contributed by atoms with Crippen molar-refractivity contribution in [1.82, 2.24) is 0 Å². The summed E-state index contributed by atoms with van der Waals surface area (Å²) in [7, 11) is 0. The van der Waals surface area contributed by atoms with Gasteiger partial charge in [0.2, 0.25) is 5.75 Å². The van der Waals surface area contributed by atoms with E-state index in [1.54, 1.807) is 0 Å². The van der Waals surface area contributed by atoms with E-state index in [1.165, 1.54) is 6.07 Å². The average Bonchev–Trinajstić information content (AvgIpc) is 2.74. The minimum Gasteiger partial charge on any atom is -0.508 e. The zero-order valence-corrected chi connectivity index (χ0v) is 16.6. The minimum atomic E-state index is -2.36. The first-order chi connectivity index (χ1) is 15.5. The van der Waals surface area contributed by atoms with E-state index in [1.807, 2.05) is 0 Å². The van der Waals surface area contributed by atoms with E-state index in [0.29, 0.717) is 6.07 Å². The molecule has 0 fully saturated rings. The smallest absolute Gasteiger partial charge is 0.336 e. The number of fused-ring (bicyclic) bond motifs is 1. The number of phenols is 7. The van der Waals surface area contributed by atoms with E-state index < -0.39 is 69.0 Å². The first-order valence-corrected chi connectivity index (χ1v) is 9.43. The summed E-state index contributed by atoms with van der Waals surface area (Å²) in [5.41, 5.74) is -3.92. The van der Waals surface area contributed by atoms with Gasteiger partial charge in [0.1, 0.15) is 23.4 Å². The Morgan fingerprint density at radius 1 is 0.848 bits per heavy atom. The van der Waals surface area contributed by atoms with Crippen LogP contribution < -0.4 is 4.74 Å². The highest BCUT2D eigenvalue weighted by Gasteiger charge is 2.52. The molecule has 33 heavy (non-hydrogen) atoms. The molecule has 4 rings (SSSR count). The Bertz CT molecular complexity index is 1300. The molecule has 0 saturated heterocycles. The molecule has 172 valence electrons. The number of aliphatic hydroxyl groups is 1. The fraction of sp³-hybridized carbons (Fsp3) is 0.136. The molecular formula is C22H18O11. The van der Waals surface area contributed by atoms with Crippen LogP contribution >= 0.6 is 0 Å². The molecule has 1 heterocycles. The van der Waals surface area contributed by atoms with Gasteiger partial charge >= 0.3 is 5.97 Å². The summed E-state index contributed by atoms with van der Waals surface area (Å²) in [6, 6.07) is 5.85. The van der Waals surface area contributed by atoms with Gasteiger partial charge in [0.25, 0.3) is 0 Å². The highest BCUT2D eigenvalue weighted by molar-refractivity contribution is 5.93. The molecule has 0 radical (unpaired) electrons. The summed E-state index contributed by atoms with van der Waals surface area (Å²) >= 11 is 0. The third-order valence-electron chi connectivity index (χ3n) is 5.57. The molecule has 9 N–H and O–H groups in total. The monoisotopic (exact) mass is 458 g/mol. The maximum absolute atomic E-state index is 12.0. The number of benzene rings is 3. The predicted molar refractivity (Wildman–Crippen MR) is 109 cm³/mol. The summed E-state index contributed by atoms with van der Waals surface area (Å²) in [5.74, 6) is -7.14. The van der Waals surface area contributed by atoms with Crippen molar-refractivity contribution in [2.45, 2.75) is 18.1 Å². The molecule has 3 aromatic carbocycles. The lowest BCUT2D eigenvalue weighted by molar-refractivity contribution is -0.0456. The third kappa shape index (κ3) is 3.13. The van der Waals surface area contributed by atoms with E-state index in [0.717, 1.165) is 24.3 Å². The molecule has 11 nitrogen and oxygen atoms in total. The predicted octanol–water partition coefficient (Wildman–Crippen LogP) is 1.56. The number of carbonyl (C=O) groups is 1. The number of rotatable bonds is 3. The Hall–Kier alpha value is -4.51. The van der Waals surface area contributed by atoms with Crippen molar-refractivity contribution in [2.75, 3.05) is 0 Å². The topological polar surface area (TPSA) is 208 Å². The first kappa shape index (κ1) is 21.7. The number of ether oxygens (including phenoxy) is 1. The van der Waals surface area contributed by atoms with E-state index >= 15 is 0 Å². The zero-order chi connectivity index (χ0) is 24.2. The van der Waals surface area contributed by atoms with E-state index in [9.17, 15) is 50.8 Å². The van der Waals surface area contributed by atoms with Gasteiger partial charge in [-0.3, -0.25) is 0 Å². The fourth-order valence-corrected chi connectivity index (χ4v) is 4.05. The molecule has 3 aromatic rings. The third-order valence-corrected chi connectivity index (χ3v) is 5.57. The maximum Gasteiger partial charge on any atom is 0.336 e. The number of hydrogen-bond acceptors (Lipinski definition) is 10. The molecule has 0 bridgehead atoms. The van der Waals surface area contributed by atoms with Crippen molar-refractivity contribution in [3.8, 4) is 46.0 Å². The van der Waals surface area contributed by atoms with Crippen LogP contribution in [0.25, 0.3) is 0 Å². The van der Waals surface area contributed by atoms with Gasteiger partial charge in [0.15, 0.2) is 28.6 Å². The Labute approximate surface area is 184 Å². The number of hydrogen-bond donors (Lipinski definition) is 9. The summed E-state index contributed by atoms with van der Waals surface area (Å²) in [6.45, 7) is 0. The van der Waals surface area contributed by atoms with Crippen LogP contribution in [-0.2, 0) is 12.0 Å². The van der Waals surface area contributed by atoms with Gasteiger partial charge in [0, 0.05) is 29.7 Å². The van der Waals surface area contributed by atoms with Crippen LogP contribution in [0.15, 0.2) is 36.4 Å². The summed E-state index contributed by atoms with van der Waals surface area (Å²) in [4.78, 5) is 12.0. The first-order valence-electron chi connectivity index (χ1n) is 9.43. The molecular weight excluding hydrogens is 440 g/mol. The van der Waals surface area contributed by atoms with Gasteiger partial charge in [-0.05, 0) is 18.2 Å². The minimum absolute atomic E-state index is 0.0540. The lowest BCUT2D eigenvalue weighted by atomic mass is 9.74. The van der Waals surface area contributed by atoms with Gasteiger partial charge < -0.3 is 50.7 Å². The van der Waals surface area contributed by atoms with Gasteiger partial charge in [-0.1, -0.05) is 6.07 Å². The Morgan fingerprint density at radius 2 is 1.55 bits per heavy atom. The van der Waals surface area contributed by atoms with E-state index in [-0.39, 0.29) is 23.3 Å². The molecule has 0 aromatic heterocycles. The van der Waals surface area contributed by atoms with Crippen LogP contribution in [0.5, 0.6) is 46.0 Å². The lowest BCUT2D eigenvalue weighted by Gasteiger charge is -2.44. The second-order valence-electron chi connectivity index (χ2n) is 7.52. The van der Waals surface area contributed by atoms with Crippen molar-refractivity contribution in [3.05, 3.63) is 58.7 Å². The molecule has 0 spiro atoms. The van der Waals surface area contributed by atoms with Crippen molar-refractivity contribution >= 4 is 5.97 Å². The molecule has 0 amide bonds. The fourth-order valence-electron chi connectivity index (χ4n) is 4.05. The Balaban J connectivity index is 2.14. The van der Waals surface area contributed by atoms with E-state index in [4.69, 9.17) is 4.74 Å². The van der Waals surface area contributed by atoms with Crippen LogP contribution in [0.1, 0.15) is 27.0 Å². The van der Waals surface area contributed by atoms with Gasteiger partial charge in [-0.15, -0.1) is 0 Å². The number of phenolic OH excluding ortho intramolecular Hbond substituents is 7. The van der Waals surface area contributed by atoms with Crippen LogP contribution in [0.4, 0.5) is 0 Å². The Morgan fingerprint density at radius 3 is 2.18 bits per heavy atom. The van der Waals surface area contributed by atoms with Crippen LogP contribution in [0.2, 0.25) is 0 Å². The number of aromatic carboxylic acids is 1. The van der Waals surface area contributed by atoms with Crippen molar-refractivity contribution in [2.24, 2.45) is 0 Å². The van der Waals surface area contributed by atoms with E-state index in [2.05, 4.69) is 0 Å². The highest BCUT2D eigenvalue weighted by Crippen LogP contribution is 2.54. The number of aromatic hydroxyl groups is 7. The molecule has 0 saturated carbocycles. The molecule has 1 aliphatic heterocycles. The standard InChI is InChI=1S/C22H18O11/c23-9-4-13(25)10-7-17(28)22(33-16(10)5-9,8-1-2-12(24)14(26)3-8)18-11(21(31)32)6-15(27)19(29)20(18)30/h1-6,17,23-30H,7H2,(H,31,32)/t17-,22?/m1/s1. The molecule has 2 atom stereocenters. The molecule has 1 unspecified atom stereocenters. The van der Waals surface area contributed by atoms with Crippen molar-refractivity contribution in [3.63, 3.8) is 0 Å². The van der Waals surface area contributed by atoms with Crippen molar-refractivity contribution < 1.29 is 55.5 Å². The maximum atomic E-state index is 12.0. The van der Waals surface area contributed by atoms with Crippen molar-refractivity contribution in [1.29, 1.82) is 0 Å². The van der Waals surface area contributed by atoms with Crippen LogP contribution in [-0.4, -0.2) is 58.0 Å². The largest absolute Gasteiger partial charge is 0.508 e.